The molecule has 0 saturated heterocycles. The van der Waals surface area contributed by atoms with Gasteiger partial charge in [-0.25, -0.2) is 0 Å². The van der Waals surface area contributed by atoms with Gasteiger partial charge in [-0.2, -0.15) is 5.10 Å². The van der Waals surface area contributed by atoms with E-state index < -0.39 is 0 Å². The summed E-state index contributed by atoms with van der Waals surface area (Å²) in [6.45, 7) is 7.15. The lowest BCUT2D eigenvalue weighted by Crippen LogP contribution is -2.18. The molecule has 0 aliphatic heterocycles. The number of aryl methyl sites for hydroxylation is 2. The van der Waals surface area contributed by atoms with Crippen LogP contribution < -0.4 is 10.5 Å². The lowest BCUT2D eigenvalue weighted by Gasteiger charge is -2.10. The number of benzene rings is 1. The molecule has 1 atom stereocenters. The van der Waals surface area contributed by atoms with Crippen LogP contribution in [-0.4, -0.2) is 15.8 Å². The summed E-state index contributed by atoms with van der Waals surface area (Å²) in [6, 6.07) is 6.30. The first-order valence-corrected chi connectivity index (χ1v) is 7.14. The van der Waals surface area contributed by atoms with Crippen molar-refractivity contribution >= 4 is 0 Å². The van der Waals surface area contributed by atoms with Crippen LogP contribution in [0, 0.1) is 6.92 Å². The molecule has 20 heavy (non-hydrogen) atoms. The van der Waals surface area contributed by atoms with Gasteiger partial charge < -0.3 is 10.5 Å². The van der Waals surface area contributed by atoms with E-state index in [4.69, 9.17) is 10.5 Å². The Hall–Kier alpha value is -1.81. The predicted molar refractivity (Wildman–Crippen MR) is 81.1 cm³/mol. The van der Waals surface area contributed by atoms with Gasteiger partial charge in [-0.3, -0.25) is 4.68 Å². The van der Waals surface area contributed by atoms with E-state index in [1.165, 1.54) is 11.1 Å². The highest BCUT2D eigenvalue weighted by Gasteiger charge is 2.05. The van der Waals surface area contributed by atoms with Gasteiger partial charge in [0, 0.05) is 12.6 Å². The molecule has 0 aliphatic rings. The van der Waals surface area contributed by atoms with Crippen LogP contribution >= 0.6 is 0 Å². The van der Waals surface area contributed by atoms with E-state index in [9.17, 15) is 0 Å². The zero-order chi connectivity index (χ0) is 14.5. The molecule has 108 valence electrons. The second-order valence-electron chi connectivity index (χ2n) is 5.31. The van der Waals surface area contributed by atoms with Crippen molar-refractivity contribution < 1.29 is 4.74 Å². The van der Waals surface area contributed by atoms with E-state index in [-0.39, 0.29) is 6.04 Å². The molecule has 0 radical (unpaired) electrons. The third-order valence-electron chi connectivity index (χ3n) is 3.15. The maximum atomic E-state index is 5.84. The zero-order valence-corrected chi connectivity index (χ0v) is 12.5. The molecule has 4 heteroatoms. The van der Waals surface area contributed by atoms with Gasteiger partial charge in [0.2, 0.25) is 0 Å². The van der Waals surface area contributed by atoms with Crippen molar-refractivity contribution in [1.29, 1.82) is 0 Å². The molecule has 1 aromatic heterocycles. The van der Waals surface area contributed by atoms with Gasteiger partial charge in [0.25, 0.3) is 0 Å². The van der Waals surface area contributed by atoms with Crippen molar-refractivity contribution in [1.82, 2.24) is 9.78 Å². The lowest BCUT2D eigenvalue weighted by atomic mass is 10.0. The third-order valence-corrected chi connectivity index (χ3v) is 3.15. The SMILES string of the molecule is CCCn1cc(Oc2ccc(CC(C)N)c(C)c2)cn1. The maximum Gasteiger partial charge on any atom is 0.165 e. The summed E-state index contributed by atoms with van der Waals surface area (Å²) in [5.74, 6) is 1.62. The summed E-state index contributed by atoms with van der Waals surface area (Å²) in [5, 5.41) is 4.26. The highest BCUT2D eigenvalue weighted by molar-refractivity contribution is 5.37. The molecule has 0 spiro atoms. The van der Waals surface area contributed by atoms with Crippen LogP contribution in [0.15, 0.2) is 30.6 Å². The van der Waals surface area contributed by atoms with Gasteiger partial charge in [0.05, 0.1) is 12.4 Å². The fourth-order valence-corrected chi connectivity index (χ4v) is 2.19. The van der Waals surface area contributed by atoms with Crippen molar-refractivity contribution in [3.63, 3.8) is 0 Å². The molecule has 1 heterocycles. The molecule has 2 N–H and O–H groups in total. The normalized spacial score (nSPS) is 12.4. The standard InChI is InChI=1S/C16H23N3O/c1-4-7-19-11-16(10-18-19)20-15-6-5-14(9-13(3)17)12(2)8-15/h5-6,8,10-11,13H,4,7,9,17H2,1-3H3. The van der Waals surface area contributed by atoms with Crippen molar-refractivity contribution in [2.24, 2.45) is 5.73 Å². The van der Waals surface area contributed by atoms with Gasteiger partial charge in [0.15, 0.2) is 5.75 Å². The number of nitrogens with zero attached hydrogens (tertiary/aromatic N) is 2. The molecule has 4 nitrogen and oxygen atoms in total. The second-order valence-corrected chi connectivity index (χ2v) is 5.31. The van der Waals surface area contributed by atoms with Crippen LogP contribution in [0.25, 0.3) is 0 Å². The fourth-order valence-electron chi connectivity index (χ4n) is 2.19. The Kier molecular flexibility index (Phi) is 4.79. The van der Waals surface area contributed by atoms with Gasteiger partial charge in [0.1, 0.15) is 5.75 Å². The molecular formula is C16H23N3O. The van der Waals surface area contributed by atoms with Gasteiger partial charge in [-0.15, -0.1) is 0 Å². The molecule has 1 aromatic carbocycles. The van der Waals surface area contributed by atoms with E-state index in [1.807, 2.05) is 23.9 Å². The van der Waals surface area contributed by atoms with Gasteiger partial charge in [-0.05, 0) is 49.9 Å². The number of nitrogens with two attached hydrogens (primary N) is 1. The Balaban J connectivity index is 2.07. The number of hydrogen-bond donors (Lipinski definition) is 1. The van der Waals surface area contributed by atoms with Crippen LogP contribution in [0.4, 0.5) is 0 Å². The van der Waals surface area contributed by atoms with E-state index in [0.717, 1.165) is 30.9 Å². The largest absolute Gasteiger partial charge is 0.454 e. The number of aromatic nitrogens is 2. The minimum absolute atomic E-state index is 0.174. The Morgan fingerprint density at radius 2 is 2.15 bits per heavy atom. The molecular weight excluding hydrogens is 250 g/mol. The molecule has 2 rings (SSSR count). The van der Waals surface area contributed by atoms with Gasteiger partial charge in [-0.1, -0.05) is 13.0 Å². The maximum absolute atomic E-state index is 5.84. The quantitative estimate of drug-likeness (QED) is 0.878. The number of hydrogen-bond acceptors (Lipinski definition) is 3. The highest BCUT2D eigenvalue weighted by atomic mass is 16.5. The van der Waals surface area contributed by atoms with E-state index in [2.05, 4.69) is 31.1 Å². The predicted octanol–water partition coefficient (Wildman–Crippen LogP) is 3.28. The summed E-state index contributed by atoms with van der Waals surface area (Å²) < 4.78 is 7.73. The van der Waals surface area contributed by atoms with Crippen molar-refractivity contribution in [2.45, 2.75) is 46.2 Å². The topological polar surface area (TPSA) is 53.1 Å². The minimum Gasteiger partial charge on any atom is -0.454 e. The Bertz CT molecular complexity index is 561. The van der Waals surface area contributed by atoms with E-state index in [1.54, 1.807) is 6.20 Å². The van der Waals surface area contributed by atoms with E-state index >= 15 is 0 Å². The smallest absolute Gasteiger partial charge is 0.165 e. The van der Waals surface area contributed by atoms with Crippen LogP contribution in [0.2, 0.25) is 0 Å². The fraction of sp³-hybridized carbons (Fsp3) is 0.438. The molecule has 2 aromatic rings. The van der Waals surface area contributed by atoms with Gasteiger partial charge >= 0.3 is 0 Å². The second kappa shape index (κ2) is 6.57. The van der Waals surface area contributed by atoms with Crippen LogP contribution in [0.3, 0.4) is 0 Å². The first-order valence-electron chi connectivity index (χ1n) is 7.14. The summed E-state index contributed by atoms with van der Waals surface area (Å²) in [4.78, 5) is 0. The number of ether oxygens (including phenoxy) is 1. The van der Waals surface area contributed by atoms with Crippen LogP contribution in [0.5, 0.6) is 11.5 Å². The molecule has 0 aliphatic carbocycles. The molecule has 0 fully saturated rings. The molecule has 0 saturated carbocycles. The van der Waals surface area contributed by atoms with Crippen molar-refractivity contribution in [3.05, 3.63) is 41.7 Å². The zero-order valence-electron chi connectivity index (χ0n) is 12.5. The summed E-state index contributed by atoms with van der Waals surface area (Å²) >= 11 is 0. The Labute approximate surface area is 120 Å². The average Bonchev–Trinajstić information content (AvgIpc) is 2.80. The Morgan fingerprint density at radius 1 is 1.35 bits per heavy atom. The molecule has 0 bridgehead atoms. The van der Waals surface area contributed by atoms with Crippen LogP contribution in [-0.2, 0) is 13.0 Å². The Morgan fingerprint density at radius 3 is 2.80 bits per heavy atom. The minimum atomic E-state index is 0.174. The first-order chi connectivity index (χ1) is 9.58. The summed E-state index contributed by atoms with van der Waals surface area (Å²) in [5.41, 5.74) is 8.33. The number of rotatable bonds is 6. The van der Waals surface area contributed by atoms with E-state index in [0.29, 0.717) is 0 Å². The summed E-state index contributed by atoms with van der Waals surface area (Å²) in [7, 11) is 0. The molecule has 0 amide bonds. The van der Waals surface area contributed by atoms with Crippen molar-refractivity contribution in [2.75, 3.05) is 0 Å². The monoisotopic (exact) mass is 273 g/mol. The average molecular weight is 273 g/mol. The lowest BCUT2D eigenvalue weighted by molar-refractivity contribution is 0.480. The summed E-state index contributed by atoms with van der Waals surface area (Å²) in [6.07, 6.45) is 5.63. The third kappa shape index (κ3) is 3.84. The van der Waals surface area contributed by atoms with Crippen LogP contribution in [0.1, 0.15) is 31.4 Å². The van der Waals surface area contributed by atoms with Crippen molar-refractivity contribution in [3.8, 4) is 11.5 Å². The molecule has 1 unspecified atom stereocenters. The highest BCUT2D eigenvalue weighted by Crippen LogP contribution is 2.24. The first kappa shape index (κ1) is 14.6.